The molecule has 0 aromatic heterocycles. The Hall–Kier alpha value is 0.539. The average molecular weight is 186 g/mol. The Labute approximate surface area is 51.7 Å². The maximum atomic E-state index is 2.36. The molecule has 1 rings (SSSR count). The number of rotatable bonds is 0. The molecule has 0 bridgehead atoms. The molecule has 0 saturated heterocycles. The van der Waals surface area contributed by atoms with Gasteiger partial charge in [-0.25, -0.2) is 0 Å². The van der Waals surface area contributed by atoms with E-state index in [4.69, 9.17) is 0 Å². The summed E-state index contributed by atoms with van der Waals surface area (Å²) in [5.41, 5.74) is 0. The van der Waals surface area contributed by atoms with Crippen LogP contribution in [0.1, 0.15) is 19.3 Å². The van der Waals surface area contributed by atoms with E-state index in [1.165, 1.54) is 19.3 Å². The Morgan fingerprint density at radius 2 is 2.50 bits per heavy atom. The summed E-state index contributed by atoms with van der Waals surface area (Å²) < 4.78 is 1.67. The van der Waals surface area contributed by atoms with Crippen LogP contribution in [0.4, 0.5) is 0 Å². The van der Waals surface area contributed by atoms with Crippen LogP contribution >= 0.6 is 0 Å². The minimum atomic E-state index is 1.35. The molecule has 0 aliphatic heterocycles. The third kappa shape index (κ3) is 1.00. The van der Waals surface area contributed by atoms with Gasteiger partial charge in [-0.05, 0) is 0 Å². The number of hydrogen-bond donors (Lipinski definition) is 0. The van der Waals surface area contributed by atoms with Gasteiger partial charge in [-0.1, -0.05) is 0 Å². The van der Waals surface area contributed by atoms with E-state index in [1.54, 1.807) is 26.1 Å². The van der Waals surface area contributed by atoms with Crippen LogP contribution in [-0.4, -0.2) is 22.5 Å². The first-order valence-electron chi connectivity index (χ1n) is 2.30. The van der Waals surface area contributed by atoms with Crippen LogP contribution < -0.4 is 0 Å². The summed E-state index contributed by atoms with van der Waals surface area (Å²) in [5.74, 6) is 0. The van der Waals surface area contributed by atoms with Gasteiger partial charge in [0.05, 0.1) is 0 Å². The summed E-state index contributed by atoms with van der Waals surface area (Å²) in [7, 11) is 0. The summed E-state index contributed by atoms with van der Waals surface area (Å²) in [6, 6.07) is 0. The van der Waals surface area contributed by atoms with Crippen molar-refractivity contribution >= 4 is 22.5 Å². The van der Waals surface area contributed by atoms with E-state index in [-0.39, 0.29) is 0 Å². The predicted octanol–water partition coefficient (Wildman–Crippen LogP) is 1.22. The molecule has 0 heterocycles. The molecule has 1 heteroatoms. The van der Waals surface area contributed by atoms with Crippen LogP contribution in [0.3, 0.4) is 0 Å². The van der Waals surface area contributed by atoms with E-state index in [2.05, 4.69) is 6.08 Å². The number of hydrogen-bond acceptors (Lipinski definition) is 0. The van der Waals surface area contributed by atoms with Crippen LogP contribution in [0, 0.1) is 0 Å². The molecule has 0 amide bonds. The van der Waals surface area contributed by atoms with Gasteiger partial charge >= 0.3 is 51.5 Å². The van der Waals surface area contributed by atoms with E-state index in [0.717, 1.165) is 0 Å². The van der Waals surface area contributed by atoms with Crippen molar-refractivity contribution in [2.75, 3.05) is 0 Å². The van der Waals surface area contributed by atoms with E-state index in [0.29, 0.717) is 0 Å². The molecule has 0 fully saturated rings. The first-order chi connectivity index (χ1) is 2.89. The maximum absolute atomic E-state index is 2.36. The molecule has 3 radical (unpaired) electrons. The fourth-order valence-electron chi connectivity index (χ4n) is 0.671. The van der Waals surface area contributed by atoms with Crippen LogP contribution in [-0.2, 0) is 0 Å². The first kappa shape index (κ1) is 4.69. The van der Waals surface area contributed by atoms with Crippen molar-refractivity contribution in [1.29, 1.82) is 0 Å². The molecular weight excluding hydrogens is 179 g/mol. The second-order valence-corrected chi connectivity index (χ2v) is 3.45. The molecule has 0 N–H and O–H groups in total. The first-order valence-corrected chi connectivity index (χ1v) is 3.73. The van der Waals surface area contributed by atoms with Crippen molar-refractivity contribution < 1.29 is 0 Å². The van der Waals surface area contributed by atoms with Gasteiger partial charge in [-0.3, -0.25) is 0 Å². The average Bonchev–Trinajstić information content (AvgIpc) is 1.86. The zero-order valence-electron chi connectivity index (χ0n) is 3.70. The van der Waals surface area contributed by atoms with Crippen molar-refractivity contribution in [2.45, 2.75) is 19.3 Å². The zero-order chi connectivity index (χ0) is 4.41. The van der Waals surface area contributed by atoms with Gasteiger partial charge in [0.15, 0.2) is 0 Å². The molecular formula is C5H7Sn. The van der Waals surface area contributed by atoms with Crippen molar-refractivity contribution in [2.24, 2.45) is 0 Å². The summed E-state index contributed by atoms with van der Waals surface area (Å²) in [6.07, 6.45) is 6.51. The second kappa shape index (κ2) is 2.01. The molecule has 0 atom stereocenters. The molecule has 0 saturated carbocycles. The SMILES string of the molecule is [Sn][C]1=CCCC1. The van der Waals surface area contributed by atoms with E-state index < -0.39 is 0 Å². The summed E-state index contributed by atoms with van der Waals surface area (Å²) in [4.78, 5) is 0. The Balaban J connectivity index is 2.45. The van der Waals surface area contributed by atoms with Crippen LogP contribution in [0.25, 0.3) is 0 Å². The van der Waals surface area contributed by atoms with Gasteiger partial charge in [0.2, 0.25) is 0 Å². The molecule has 0 nitrogen and oxygen atoms in total. The van der Waals surface area contributed by atoms with Crippen molar-refractivity contribution in [3.63, 3.8) is 0 Å². The van der Waals surface area contributed by atoms with Crippen LogP contribution in [0.5, 0.6) is 0 Å². The topological polar surface area (TPSA) is 0 Å². The third-order valence-electron chi connectivity index (χ3n) is 1.04. The normalized spacial score (nSPS) is 21.2. The Morgan fingerprint density at radius 3 is 2.67 bits per heavy atom. The monoisotopic (exact) mass is 187 g/mol. The van der Waals surface area contributed by atoms with Gasteiger partial charge < -0.3 is 0 Å². The Kier molecular flexibility index (Phi) is 1.57. The van der Waals surface area contributed by atoms with Crippen molar-refractivity contribution in [1.82, 2.24) is 0 Å². The molecule has 0 unspecified atom stereocenters. The predicted molar refractivity (Wildman–Crippen MR) is 27.7 cm³/mol. The Morgan fingerprint density at radius 1 is 1.67 bits per heavy atom. The van der Waals surface area contributed by atoms with E-state index >= 15 is 0 Å². The van der Waals surface area contributed by atoms with Gasteiger partial charge in [-0.2, -0.15) is 0 Å². The quantitative estimate of drug-likeness (QED) is 0.498. The van der Waals surface area contributed by atoms with Gasteiger partial charge in [-0.15, -0.1) is 0 Å². The number of allylic oxidation sites excluding steroid dienone is 2. The van der Waals surface area contributed by atoms with Gasteiger partial charge in [0.1, 0.15) is 0 Å². The molecule has 31 valence electrons. The van der Waals surface area contributed by atoms with Gasteiger partial charge in [0.25, 0.3) is 0 Å². The molecule has 1 aliphatic rings. The minimum absolute atomic E-state index is 1.35. The van der Waals surface area contributed by atoms with E-state index in [1.807, 2.05) is 0 Å². The zero-order valence-corrected chi connectivity index (χ0v) is 6.55. The Bertz CT molecular complexity index is 74.0. The standard InChI is InChI=1S/C5H7.Sn/c1-2-4-5-3-1;/h1H,2,4-5H2;. The second-order valence-electron chi connectivity index (χ2n) is 1.62. The fourth-order valence-corrected chi connectivity index (χ4v) is 1.59. The van der Waals surface area contributed by atoms with Crippen molar-refractivity contribution in [3.05, 3.63) is 9.67 Å². The summed E-state index contributed by atoms with van der Waals surface area (Å²) >= 11 is 1.63. The third-order valence-corrected chi connectivity index (χ3v) is 2.34. The molecule has 0 spiro atoms. The molecule has 0 aromatic rings. The summed E-state index contributed by atoms with van der Waals surface area (Å²) in [5, 5.41) is 0. The van der Waals surface area contributed by atoms with E-state index in [9.17, 15) is 0 Å². The van der Waals surface area contributed by atoms with Crippen molar-refractivity contribution in [3.8, 4) is 0 Å². The molecule has 6 heavy (non-hydrogen) atoms. The fraction of sp³-hybridized carbons (Fsp3) is 0.600. The van der Waals surface area contributed by atoms with Crippen LogP contribution in [0.15, 0.2) is 9.67 Å². The van der Waals surface area contributed by atoms with Gasteiger partial charge in [0, 0.05) is 0 Å². The summed E-state index contributed by atoms with van der Waals surface area (Å²) in [6.45, 7) is 0. The molecule has 1 aliphatic carbocycles. The molecule has 0 aromatic carbocycles. The van der Waals surface area contributed by atoms with Crippen LogP contribution in [0.2, 0.25) is 0 Å².